The van der Waals surface area contributed by atoms with E-state index in [1.165, 1.54) is 38.6 Å². The molecule has 0 fully saturated rings. The Balaban J connectivity index is 2.20. The number of benzene rings is 1. The number of hydrogen-bond acceptors (Lipinski definition) is 4. The standard InChI is InChI=1S/C16H18N2O4S/c1-12-6-7-13(11-15(12)23(20,21)18(2)3)17-16(19)9-8-14-5-4-10-22-14/h4-11H,1-3H3,(H,17,19)/b9-8+. The molecule has 0 aliphatic carbocycles. The summed E-state index contributed by atoms with van der Waals surface area (Å²) in [4.78, 5) is 12.1. The first-order valence-electron chi connectivity index (χ1n) is 6.86. The zero-order chi connectivity index (χ0) is 17.0. The molecule has 2 aromatic rings. The number of rotatable bonds is 5. The van der Waals surface area contributed by atoms with Crippen LogP contribution in [-0.4, -0.2) is 32.7 Å². The Bertz CT molecular complexity index is 822. The number of carbonyl (C=O) groups excluding carboxylic acids is 1. The number of nitrogens with one attached hydrogen (secondary N) is 1. The maximum atomic E-state index is 12.3. The predicted octanol–water partition coefficient (Wildman–Crippen LogP) is 2.49. The van der Waals surface area contributed by atoms with Crippen molar-refractivity contribution in [1.29, 1.82) is 0 Å². The van der Waals surface area contributed by atoms with Crippen molar-refractivity contribution < 1.29 is 17.6 Å². The van der Waals surface area contributed by atoms with Crippen molar-refractivity contribution in [3.8, 4) is 0 Å². The fourth-order valence-electron chi connectivity index (χ4n) is 1.88. The molecule has 0 saturated heterocycles. The van der Waals surface area contributed by atoms with Crippen LogP contribution in [-0.2, 0) is 14.8 Å². The van der Waals surface area contributed by atoms with Gasteiger partial charge in [-0.2, -0.15) is 0 Å². The summed E-state index contributed by atoms with van der Waals surface area (Å²) in [6.07, 6.45) is 4.36. The highest BCUT2D eigenvalue weighted by atomic mass is 32.2. The molecule has 0 unspecified atom stereocenters. The van der Waals surface area contributed by atoms with Gasteiger partial charge in [-0.05, 0) is 42.8 Å². The number of anilines is 1. The van der Waals surface area contributed by atoms with Gasteiger partial charge in [-0.1, -0.05) is 6.07 Å². The number of carbonyl (C=O) groups is 1. The summed E-state index contributed by atoms with van der Waals surface area (Å²) in [6, 6.07) is 8.20. The Hall–Kier alpha value is -2.38. The number of amides is 1. The lowest BCUT2D eigenvalue weighted by Gasteiger charge is -2.14. The van der Waals surface area contributed by atoms with Crippen LogP contribution >= 0.6 is 0 Å². The SMILES string of the molecule is Cc1ccc(NC(=O)/C=C/c2ccco2)cc1S(=O)(=O)N(C)C. The molecular weight excluding hydrogens is 316 g/mol. The van der Waals surface area contributed by atoms with Crippen molar-refractivity contribution in [1.82, 2.24) is 4.31 Å². The van der Waals surface area contributed by atoms with Gasteiger partial charge in [0, 0.05) is 25.9 Å². The van der Waals surface area contributed by atoms with Gasteiger partial charge in [0.15, 0.2) is 0 Å². The van der Waals surface area contributed by atoms with Crippen molar-refractivity contribution in [3.05, 3.63) is 54.0 Å². The van der Waals surface area contributed by atoms with Gasteiger partial charge in [0.25, 0.3) is 0 Å². The molecule has 7 heteroatoms. The fourth-order valence-corrected chi connectivity index (χ4v) is 3.02. The van der Waals surface area contributed by atoms with Crippen molar-refractivity contribution >= 4 is 27.7 Å². The van der Waals surface area contributed by atoms with E-state index in [2.05, 4.69) is 5.32 Å². The number of furan rings is 1. The van der Waals surface area contributed by atoms with E-state index in [0.29, 0.717) is 17.0 Å². The molecule has 1 aromatic carbocycles. The maximum Gasteiger partial charge on any atom is 0.248 e. The second kappa shape index (κ2) is 6.80. The first-order valence-corrected chi connectivity index (χ1v) is 8.30. The molecule has 2 rings (SSSR count). The third-order valence-electron chi connectivity index (χ3n) is 3.16. The number of nitrogens with zero attached hydrogens (tertiary/aromatic N) is 1. The molecule has 122 valence electrons. The molecule has 6 nitrogen and oxygen atoms in total. The minimum atomic E-state index is -3.56. The Kier molecular flexibility index (Phi) is 5.02. The number of aryl methyl sites for hydroxylation is 1. The highest BCUT2D eigenvalue weighted by molar-refractivity contribution is 7.89. The van der Waals surface area contributed by atoms with Gasteiger partial charge < -0.3 is 9.73 Å². The molecule has 1 aromatic heterocycles. The monoisotopic (exact) mass is 334 g/mol. The van der Waals surface area contributed by atoms with E-state index in [-0.39, 0.29) is 10.8 Å². The Morgan fingerprint density at radius 1 is 1.26 bits per heavy atom. The highest BCUT2D eigenvalue weighted by Gasteiger charge is 2.20. The van der Waals surface area contributed by atoms with E-state index in [4.69, 9.17) is 4.42 Å². The molecule has 0 radical (unpaired) electrons. The summed E-state index contributed by atoms with van der Waals surface area (Å²) in [5.74, 6) is 0.179. The van der Waals surface area contributed by atoms with Gasteiger partial charge in [-0.3, -0.25) is 4.79 Å². The third kappa shape index (κ3) is 4.08. The zero-order valence-electron chi connectivity index (χ0n) is 13.1. The average Bonchev–Trinajstić information content (AvgIpc) is 3.00. The first-order chi connectivity index (χ1) is 10.8. The first kappa shape index (κ1) is 17.0. The van der Waals surface area contributed by atoms with Crippen LogP contribution in [0.4, 0.5) is 5.69 Å². The number of sulfonamides is 1. The van der Waals surface area contributed by atoms with Gasteiger partial charge in [0.1, 0.15) is 5.76 Å². The Morgan fingerprint density at radius 3 is 2.61 bits per heavy atom. The normalized spacial score (nSPS) is 12.0. The summed E-state index contributed by atoms with van der Waals surface area (Å²) in [5.41, 5.74) is 1.02. The summed E-state index contributed by atoms with van der Waals surface area (Å²) < 4.78 is 30.7. The number of hydrogen-bond donors (Lipinski definition) is 1. The lowest BCUT2D eigenvalue weighted by molar-refractivity contribution is -0.111. The molecule has 1 N–H and O–H groups in total. The van der Waals surface area contributed by atoms with Crippen LogP contribution in [0.5, 0.6) is 0 Å². The third-order valence-corrected chi connectivity index (χ3v) is 5.11. The summed E-state index contributed by atoms with van der Waals surface area (Å²) >= 11 is 0. The topological polar surface area (TPSA) is 79.6 Å². The van der Waals surface area contributed by atoms with E-state index in [9.17, 15) is 13.2 Å². The second-order valence-electron chi connectivity index (χ2n) is 5.11. The van der Waals surface area contributed by atoms with Crippen LogP contribution < -0.4 is 5.32 Å². The molecule has 0 spiro atoms. The van der Waals surface area contributed by atoms with Gasteiger partial charge in [0.05, 0.1) is 11.2 Å². The van der Waals surface area contributed by atoms with Crippen LogP contribution in [0.2, 0.25) is 0 Å². The van der Waals surface area contributed by atoms with Crippen molar-refractivity contribution in [3.63, 3.8) is 0 Å². The minimum absolute atomic E-state index is 0.162. The lowest BCUT2D eigenvalue weighted by Crippen LogP contribution is -2.23. The second-order valence-corrected chi connectivity index (χ2v) is 7.23. The Labute approximate surface area is 135 Å². The molecule has 1 amide bonds. The zero-order valence-corrected chi connectivity index (χ0v) is 13.9. The molecule has 0 atom stereocenters. The van der Waals surface area contributed by atoms with E-state index in [1.54, 1.807) is 31.2 Å². The molecule has 1 heterocycles. The molecule has 0 bridgehead atoms. The molecule has 0 saturated carbocycles. The quantitative estimate of drug-likeness (QED) is 0.852. The van der Waals surface area contributed by atoms with Crippen molar-refractivity contribution in [2.75, 3.05) is 19.4 Å². The van der Waals surface area contributed by atoms with Gasteiger partial charge in [-0.15, -0.1) is 0 Å². The Morgan fingerprint density at radius 2 is 2.00 bits per heavy atom. The lowest BCUT2D eigenvalue weighted by atomic mass is 10.2. The molecular formula is C16H18N2O4S. The fraction of sp³-hybridized carbons (Fsp3) is 0.188. The van der Waals surface area contributed by atoms with Crippen molar-refractivity contribution in [2.45, 2.75) is 11.8 Å². The van der Waals surface area contributed by atoms with Crippen LogP contribution in [0.3, 0.4) is 0 Å². The van der Waals surface area contributed by atoms with Crippen LogP contribution in [0, 0.1) is 6.92 Å². The van der Waals surface area contributed by atoms with Crippen LogP contribution in [0.1, 0.15) is 11.3 Å². The van der Waals surface area contributed by atoms with E-state index in [1.807, 2.05) is 0 Å². The highest BCUT2D eigenvalue weighted by Crippen LogP contribution is 2.22. The van der Waals surface area contributed by atoms with Gasteiger partial charge in [0.2, 0.25) is 15.9 Å². The smallest absolute Gasteiger partial charge is 0.248 e. The molecule has 0 aliphatic rings. The minimum Gasteiger partial charge on any atom is -0.465 e. The average molecular weight is 334 g/mol. The van der Waals surface area contributed by atoms with Crippen LogP contribution in [0.15, 0.2) is 52.0 Å². The van der Waals surface area contributed by atoms with Gasteiger partial charge >= 0.3 is 0 Å². The molecule has 0 aliphatic heterocycles. The largest absolute Gasteiger partial charge is 0.465 e. The van der Waals surface area contributed by atoms with E-state index in [0.717, 1.165) is 4.31 Å². The van der Waals surface area contributed by atoms with Gasteiger partial charge in [-0.25, -0.2) is 12.7 Å². The summed E-state index contributed by atoms with van der Waals surface area (Å²) in [7, 11) is -0.636. The van der Waals surface area contributed by atoms with E-state index < -0.39 is 10.0 Å². The predicted molar refractivity (Wildman–Crippen MR) is 88.4 cm³/mol. The van der Waals surface area contributed by atoms with E-state index >= 15 is 0 Å². The van der Waals surface area contributed by atoms with Crippen LogP contribution in [0.25, 0.3) is 6.08 Å². The summed E-state index contributed by atoms with van der Waals surface area (Å²) in [6.45, 7) is 1.71. The maximum absolute atomic E-state index is 12.3. The summed E-state index contributed by atoms with van der Waals surface area (Å²) in [5, 5.41) is 2.63. The molecule has 23 heavy (non-hydrogen) atoms. The van der Waals surface area contributed by atoms with Crippen molar-refractivity contribution in [2.24, 2.45) is 0 Å².